The van der Waals surface area contributed by atoms with Crippen LogP contribution in [0.2, 0.25) is 0 Å². The van der Waals surface area contributed by atoms with Gasteiger partial charge in [0.15, 0.2) is 0 Å². The molecule has 1 atom stereocenters. The number of carbonyl (C=O) groups excluding carboxylic acids is 1. The van der Waals surface area contributed by atoms with E-state index in [0.29, 0.717) is 30.8 Å². The molecule has 1 aromatic heterocycles. The lowest BCUT2D eigenvalue weighted by Crippen LogP contribution is -2.35. The van der Waals surface area contributed by atoms with Crippen LogP contribution in [0.4, 0.5) is 0 Å². The summed E-state index contributed by atoms with van der Waals surface area (Å²) in [6.45, 7) is 5.98. The van der Waals surface area contributed by atoms with Gasteiger partial charge < -0.3 is 9.88 Å². The first-order valence-corrected chi connectivity index (χ1v) is 13.2. The molecule has 1 unspecified atom stereocenters. The lowest BCUT2D eigenvalue weighted by molar-refractivity contribution is -0.121. The number of amides is 1. The SMILES string of the molecule is CCn1c(C(C)NC(=O)CCc2ccc(S(=O)(=O)N3CCCCC3)cc2)nc2ccccc21. The molecule has 1 aliphatic heterocycles. The molecule has 0 saturated carbocycles. The van der Waals surface area contributed by atoms with Gasteiger partial charge in [-0.3, -0.25) is 4.79 Å². The topological polar surface area (TPSA) is 84.3 Å². The Morgan fingerprint density at radius 3 is 2.45 bits per heavy atom. The molecule has 2 heterocycles. The summed E-state index contributed by atoms with van der Waals surface area (Å²) < 4.78 is 29.3. The summed E-state index contributed by atoms with van der Waals surface area (Å²) in [7, 11) is -3.43. The summed E-state index contributed by atoms with van der Waals surface area (Å²) in [4.78, 5) is 17.6. The van der Waals surface area contributed by atoms with Crippen molar-refractivity contribution in [1.29, 1.82) is 0 Å². The van der Waals surface area contributed by atoms with Crippen molar-refractivity contribution in [3.63, 3.8) is 0 Å². The first-order chi connectivity index (χ1) is 15.9. The van der Waals surface area contributed by atoms with Gasteiger partial charge >= 0.3 is 0 Å². The van der Waals surface area contributed by atoms with E-state index in [0.717, 1.165) is 48.2 Å². The average molecular weight is 469 g/mol. The Kier molecular flexibility index (Phi) is 7.14. The monoisotopic (exact) mass is 468 g/mol. The van der Waals surface area contributed by atoms with Crippen LogP contribution in [0.5, 0.6) is 0 Å². The van der Waals surface area contributed by atoms with E-state index in [4.69, 9.17) is 4.98 Å². The Morgan fingerprint density at radius 2 is 1.76 bits per heavy atom. The Morgan fingerprint density at radius 1 is 1.06 bits per heavy atom. The van der Waals surface area contributed by atoms with Crippen molar-refractivity contribution >= 4 is 27.0 Å². The zero-order valence-electron chi connectivity index (χ0n) is 19.3. The predicted octanol–water partition coefficient (Wildman–Crippen LogP) is 4.04. The molecule has 8 heteroatoms. The molecular weight excluding hydrogens is 436 g/mol. The Hall–Kier alpha value is -2.71. The first-order valence-electron chi connectivity index (χ1n) is 11.7. The van der Waals surface area contributed by atoms with Crippen LogP contribution in [-0.4, -0.2) is 41.3 Å². The van der Waals surface area contributed by atoms with Crippen LogP contribution >= 0.6 is 0 Å². The molecule has 2 aromatic carbocycles. The lowest BCUT2D eigenvalue weighted by Gasteiger charge is -2.25. The number of aromatic nitrogens is 2. The molecule has 1 fully saturated rings. The summed E-state index contributed by atoms with van der Waals surface area (Å²) in [6, 6.07) is 14.7. The van der Waals surface area contributed by atoms with E-state index in [9.17, 15) is 13.2 Å². The number of aryl methyl sites for hydroxylation is 2. The van der Waals surface area contributed by atoms with Crippen LogP contribution in [0.1, 0.15) is 57.0 Å². The van der Waals surface area contributed by atoms with Gasteiger partial charge in [-0.15, -0.1) is 0 Å². The smallest absolute Gasteiger partial charge is 0.243 e. The van der Waals surface area contributed by atoms with Crippen molar-refractivity contribution in [2.24, 2.45) is 0 Å². The van der Waals surface area contributed by atoms with Gasteiger partial charge in [-0.1, -0.05) is 30.7 Å². The predicted molar refractivity (Wildman–Crippen MR) is 129 cm³/mol. The number of nitrogens with one attached hydrogen (secondary N) is 1. The molecule has 4 rings (SSSR count). The zero-order valence-corrected chi connectivity index (χ0v) is 20.1. The summed E-state index contributed by atoms with van der Waals surface area (Å²) in [5.74, 6) is 0.793. The highest BCUT2D eigenvalue weighted by Gasteiger charge is 2.25. The van der Waals surface area contributed by atoms with Gasteiger partial charge in [0.25, 0.3) is 0 Å². The molecule has 176 valence electrons. The summed E-state index contributed by atoms with van der Waals surface area (Å²) in [5, 5.41) is 3.06. The zero-order chi connectivity index (χ0) is 23.4. The van der Waals surface area contributed by atoms with E-state index in [-0.39, 0.29) is 11.9 Å². The highest BCUT2D eigenvalue weighted by molar-refractivity contribution is 7.89. The van der Waals surface area contributed by atoms with Gasteiger partial charge in [0.2, 0.25) is 15.9 Å². The van der Waals surface area contributed by atoms with E-state index < -0.39 is 10.0 Å². The molecule has 0 radical (unpaired) electrons. The van der Waals surface area contributed by atoms with E-state index in [1.165, 1.54) is 0 Å². The maximum atomic E-state index is 12.8. The molecule has 1 N–H and O–H groups in total. The van der Waals surface area contributed by atoms with Crippen LogP contribution in [0.3, 0.4) is 0 Å². The summed E-state index contributed by atoms with van der Waals surface area (Å²) >= 11 is 0. The first kappa shape index (κ1) is 23.4. The van der Waals surface area contributed by atoms with Crippen molar-refractivity contribution in [1.82, 2.24) is 19.2 Å². The normalized spacial score (nSPS) is 16.1. The molecule has 7 nitrogen and oxygen atoms in total. The number of sulfonamides is 1. The van der Waals surface area contributed by atoms with Gasteiger partial charge in [0, 0.05) is 26.1 Å². The lowest BCUT2D eigenvalue weighted by atomic mass is 10.1. The highest BCUT2D eigenvalue weighted by atomic mass is 32.2. The fourth-order valence-electron chi connectivity index (χ4n) is 4.48. The van der Waals surface area contributed by atoms with Gasteiger partial charge in [0.05, 0.1) is 22.0 Å². The molecule has 1 saturated heterocycles. The minimum absolute atomic E-state index is 0.0535. The number of nitrogens with zero attached hydrogens (tertiary/aromatic N) is 3. The van der Waals surface area contributed by atoms with Crippen molar-refractivity contribution in [3.05, 3.63) is 59.9 Å². The number of imidazole rings is 1. The van der Waals surface area contributed by atoms with Crippen LogP contribution in [0.15, 0.2) is 53.4 Å². The molecule has 0 bridgehead atoms. The molecular formula is C25H32N4O3S. The second kappa shape index (κ2) is 10.1. The second-order valence-electron chi connectivity index (χ2n) is 8.60. The van der Waals surface area contributed by atoms with Crippen molar-refractivity contribution in [2.75, 3.05) is 13.1 Å². The Balaban J connectivity index is 1.35. The second-order valence-corrected chi connectivity index (χ2v) is 10.5. The van der Waals surface area contributed by atoms with Crippen LogP contribution in [0, 0.1) is 0 Å². The maximum Gasteiger partial charge on any atom is 0.243 e. The van der Waals surface area contributed by atoms with E-state index in [1.54, 1.807) is 16.4 Å². The third-order valence-electron chi connectivity index (χ3n) is 6.28. The quantitative estimate of drug-likeness (QED) is 0.541. The number of para-hydroxylation sites is 2. The van der Waals surface area contributed by atoms with E-state index >= 15 is 0 Å². The van der Waals surface area contributed by atoms with Gasteiger partial charge in [-0.05, 0) is 62.9 Å². The minimum Gasteiger partial charge on any atom is -0.346 e. The number of fused-ring (bicyclic) bond motifs is 1. The van der Waals surface area contributed by atoms with E-state index in [1.807, 2.05) is 43.3 Å². The third-order valence-corrected chi connectivity index (χ3v) is 8.19. The van der Waals surface area contributed by atoms with E-state index in [2.05, 4.69) is 16.8 Å². The van der Waals surface area contributed by atoms with Crippen LogP contribution in [-0.2, 0) is 27.8 Å². The number of hydrogen-bond acceptors (Lipinski definition) is 4. The highest BCUT2D eigenvalue weighted by Crippen LogP contribution is 2.22. The molecule has 0 aliphatic carbocycles. The van der Waals surface area contributed by atoms with Crippen molar-refractivity contribution in [2.45, 2.75) is 63.4 Å². The largest absolute Gasteiger partial charge is 0.346 e. The fourth-order valence-corrected chi connectivity index (χ4v) is 5.99. The standard InChI is InChI=1S/C25H32N4O3S/c1-3-29-23-10-6-5-9-22(23)27-25(29)19(2)26-24(30)16-13-20-11-14-21(15-12-20)33(31,32)28-17-7-4-8-18-28/h5-6,9-12,14-15,19H,3-4,7-8,13,16-18H2,1-2H3,(H,26,30). The van der Waals surface area contributed by atoms with Crippen molar-refractivity contribution in [3.8, 4) is 0 Å². The number of rotatable bonds is 8. The third kappa shape index (κ3) is 5.12. The number of benzene rings is 2. The van der Waals surface area contributed by atoms with Crippen molar-refractivity contribution < 1.29 is 13.2 Å². The number of carbonyl (C=O) groups is 1. The van der Waals surface area contributed by atoms with Gasteiger partial charge in [-0.25, -0.2) is 13.4 Å². The minimum atomic E-state index is -3.43. The molecule has 0 spiro atoms. The van der Waals surface area contributed by atoms with Gasteiger partial charge in [0.1, 0.15) is 5.82 Å². The number of hydrogen-bond donors (Lipinski definition) is 1. The Labute approximate surface area is 195 Å². The molecule has 1 aliphatic rings. The fraction of sp³-hybridized carbons (Fsp3) is 0.440. The summed E-state index contributed by atoms with van der Waals surface area (Å²) in [6.07, 6.45) is 3.79. The molecule has 1 amide bonds. The van der Waals surface area contributed by atoms with Crippen LogP contribution in [0.25, 0.3) is 11.0 Å². The Bertz CT molecular complexity index is 1210. The van der Waals surface area contributed by atoms with Gasteiger partial charge in [-0.2, -0.15) is 4.31 Å². The summed E-state index contributed by atoms with van der Waals surface area (Å²) in [5.41, 5.74) is 2.93. The molecule has 33 heavy (non-hydrogen) atoms. The van der Waals surface area contributed by atoms with Crippen LogP contribution < -0.4 is 5.32 Å². The average Bonchev–Trinajstić information content (AvgIpc) is 3.22. The maximum absolute atomic E-state index is 12.8. The number of piperidine rings is 1. The molecule has 3 aromatic rings.